The minimum atomic E-state index is 0.109. The Morgan fingerprint density at radius 1 is 1.73 bits per heavy atom. The molecule has 0 aliphatic carbocycles. The molecule has 3 heteroatoms. The molecule has 0 aromatic carbocycles. The summed E-state index contributed by atoms with van der Waals surface area (Å²) in [5.41, 5.74) is 5.63. The van der Waals surface area contributed by atoms with Crippen molar-refractivity contribution in [2.75, 3.05) is 6.54 Å². The number of hydrogen-bond acceptors (Lipinski definition) is 3. The Morgan fingerprint density at radius 3 is 2.73 bits per heavy atom. The van der Waals surface area contributed by atoms with Gasteiger partial charge in [0.15, 0.2) is 5.96 Å². The molecule has 0 bridgehead atoms. The lowest BCUT2D eigenvalue weighted by molar-refractivity contribution is 0.360. The van der Waals surface area contributed by atoms with Crippen LogP contribution >= 0.6 is 0 Å². The van der Waals surface area contributed by atoms with Crippen LogP contribution in [0.3, 0.4) is 0 Å². The molecule has 0 saturated heterocycles. The first-order valence-electron chi connectivity index (χ1n) is 4.10. The Labute approximate surface area is 68.1 Å². The van der Waals surface area contributed by atoms with Gasteiger partial charge in [0.2, 0.25) is 0 Å². The predicted octanol–water partition coefficient (Wildman–Crippen LogP) is 0.709. The summed E-state index contributed by atoms with van der Waals surface area (Å²) >= 11 is 0. The minimum Gasteiger partial charge on any atom is -0.370 e. The molecule has 3 nitrogen and oxygen atoms in total. The van der Waals surface area contributed by atoms with Crippen LogP contribution in [0.15, 0.2) is 4.99 Å². The van der Waals surface area contributed by atoms with Crippen molar-refractivity contribution in [3.63, 3.8) is 0 Å². The maximum Gasteiger partial charge on any atom is 0.189 e. The average Bonchev–Trinajstić information content (AvgIpc) is 2.08. The lowest BCUT2D eigenvalue weighted by atomic mass is 9.92. The number of nitrogens with one attached hydrogen (secondary N) is 1. The number of hydrogen-bond donors (Lipinski definition) is 2. The molecule has 3 N–H and O–H groups in total. The van der Waals surface area contributed by atoms with E-state index in [9.17, 15) is 0 Å². The highest BCUT2D eigenvalue weighted by Crippen LogP contribution is 2.19. The monoisotopic (exact) mass is 155 g/mol. The molecule has 0 fully saturated rings. The molecule has 0 spiro atoms. The van der Waals surface area contributed by atoms with Gasteiger partial charge in [-0.3, -0.25) is 4.99 Å². The van der Waals surface area contributed by atoms with Crippen molar-refractivity contribution in [1.82, 2.24) is 5.32 Å². The topological polar surface area (TPSA) is 50.4 Å². The highest BCUT2D eigenvalue weighted by molar-refractivity contribution is 5.80. The van der Waals surface area contributed by atoms with Crippen molar-refractivity contribution in [2.45, 2.75) is 32.7 Å². The van der Waals surface area contributed by atoms with E-state index in [4.69, 9.17) is 5.73 Å². The van der Waals surface area contributed by atoms with Crippen molar-refractivity contribution in [3.8, 4) is 0 Å². The molecule has 1 aliphatic heterocycles. The minimum absolute atomic E-state index is 0.109. The zero-order valence-electron chi connectivity index (χ0n) is 7.52. The van der Waals surface area contributed by atoms with Gasteiger partial charge in [-0.15, -0.1) is 0 Å². The SMILES string of the molecule is CC(C)CC1(C)CN=C(N)N1. The van der Waals surface area contributed by atoms with Gasteiger partial charge in [-0.1, -0.05) is 13.8 Å². The van der Waals surface area contributed by atoms with Gasteiger partial charge in [0, 0.05) is 0 Å². The van der Waals surface area contributed by atoms with E-state index in [1.807, 2.05) is 0 Å². The van der Waals surface area contributed by atoms with Crippen LogP contribution in [0, 0.1) is 5.92 Å². The van der Waals surface area contributed by atoms with Crippen LogP contribution in [0.25, 0.3) is 0 Å². The fourth-order valence-electron chi connectivity index (χ4n) is 1.66. The molecular weight excluding hydrogens is 138 g/mol. The number of aliphatic imine (C=N–C) groups is 1. The van der Waals surface area contributed by atoms with E-state index in [1.165, 1.54) is 0 Å². The molecule has 1 atom stereocenters. The molecule has 0 amide bonds. The zero-order valence-corrected chi connectivity index (χ0v) is 7.52. The standard InChI is InChI=1S/C8H17N3/c1-6(2)4-8(3)5-10-7(9)11-8/h6H,4-5H2,1-3H3,(H3,9,10,11). The van der Waals surface area contributed by atoms with Crippen LogP contribution in [0.2, 0.25) is 0 Å². The maximum absolute atomic E-state index is 5.52. The second-order valence-corrected chi connectivity index (χ2v) is 3.99. The zero-order chi connectivity index (χ0) is 8.48. The number of nitrogens with two attached hydrogens (primary N) is 1. The van der Waals surface area contributed by atoms with Gasteiger partial charge in [-0.25, -0.2) is 0 Å². The molecule has 0 saturated carbocycles. The lowest BCUT2D eigenvalue weighted by Crippen LogP contribution is -2.46. The second kappa shape index (κ2) is 2.72. The Hall–Kier alpha value is -0.730. The molecular formula is C8H17N3. The van der Waals surface area contributed by atoms with Gasteiger partial charge < -0.3 is 11.1 Å². The molecule has 1 aliphatic rings. The maximum atomic E-state index is 5.52. The Kier molecular flexibility index (Phi) is 2.07. The van der Waals surface area contributed by atoms with E-state index in [0.29, 0.717) is 11.9 Å². The second-order valence-electron chi connectivity index (χ2n) is 3.99. The normalized spacial score (nSPS) is 30.4. The van der Waals surface area contributed by atoms with Gasteiger partial charge in [0.1, 0.15) is 0 Å². The van der Waals surface area contributed by atoms with Crippen molar-refractivity contribution in [2.24, 2.45) is 16.6 Å². The van der Waals surface area contributed by atoms with Gasteiger partial charge in [0.05, 0.1) is 12.1 Å². The van der Waals surface area contributed by atoms with E-state index in [2.05, 4.69) is 31.1 Å². The molecule has 0 radical (unpaired) electrons. The Bertz CT molecular complexity index is 174. The summed E-state index contributed by atoms with van der Waals surface area (Å²) in [7, 11) is 0. The summed E-state index contributed by atoms with van der Waals surface area (Å²) in [6, 6.07) is 0. The van der Waals surface area contributed by atoms with Crippen LogP contribution < -0.4 is 11.1 Å². The predicted molar refractivity (Wildman–Crippen MR) is 47.5 cm³/mol. The first-order chi connectivity index (χ1) is 5.02. The van der Waals surface area contributed by atoms with Gasteiger partial charge in [-0.2, -0.15) is 0 Å². The molecule has 1 rings (SSSR count). The summed E-state index contributed by atoms with van der Waals surface area (Å²) in [5, 5.41) is 3.19. The summed E-state index contributed by atoms with van der Waals surface area (Å²) in [6.45, 7) is 7.40. The van der Waals surface area contributed by atoms with Crippen LogP contribution in [0.5, 0.6) is 0 Å². The molecule has 0 aromatic rings. The summed E-state index contributed by atoms with van der Waals surface area (Å²) in [5.74, 6) is 1.28. The molecule has 1 heterocycles. The van der Waals surface area contributed by atoms with Gasteiger partial charge >= 0.3 is 0 Å². The quantitative estimate of drug-likeness (QED) is 0.617. The van der Waals surface area contributed by atoms with Crippen LogP contribution in [-0.2, 0) is 0 Å². The van der Waals surface area contributed by atoms with Crippen molar-refractivity contribution in [1.29, 1.82) is 0 Å². The van der Waals surface area contributed by atoms with E-state index in [-0.39, 0.29) is 5.54 Å². The van der Waals surface area contributed by atoms with Crippen molar-refractivity contribution < 1.29 is 0 Å². The van der Waals surface area contributed by atoms with Gasteiger partial charge in [-0.05, 0) is 19.3 Å². The Morgan fingerprint density at radius 2 is 2.36 bits per heavy atom. The molecule has 64 valence electrons. The highest BCUT2D eigenvalue weighted by atomic mass is 15.2. The van der Waals surface area contributed by atoms with Crippen molar-refractivity contribution >= 4 is 5.96 Å². The smallest absolute Gasteiger partial charge is 0.189 e. The fraction of sp³-hybridized carbons (Fsp3) is 0.875. The molecule has 0 aromatic heterocycles. The summed E-state index contributed by atoms with van der Waals surface area (Å²) < 4.78 is 0. The fourth-order valence-corrected chi connectivity index (χ4v) is 1.66. The lowest BCUT2D eigenvalue weighted by Gasteiger charge is -2.25. The largest absolute Gasteiger partial charge is 0.370 e. The first-order valence-corrected chi connectivity index (χ1v) is 4.10. The van der Waals surface area contributed by atoms with E-state index >= 15 is 0 Å². The van der Waals surface area contributed by atoms with Crippen LogP contribution in [0.4, 0.5) is 0 Å². The van der Waals surface area contributed by atoms with Gasteiger partial charge in [0.25, 0.3) is 0 Å². The highest BCUT2D eigenvalue weighted by Gasteiger charge is 2.29. The van der Waals surface area contributed by atoms with E-state index in [0.717, 1.165) is 13.0 Å². The summed E-state index contributed by atoms with van der Waals surface area (Å²) in [4.78, 5) is 4.13. The average molecular weight is 155 g/mol. The van der Waals surface area contributed by atoms with E-state index < -0.39 is 0 Å². The van der Waals surface area contributed by atoms with Crippen LogP contribution in [-0.4, -0.2) is 18.0 Å². The number of nitrogens with zero attached hydrogens (tertiary/aromatic N) is 1. The first kappa shape index (κ1) is 8.37. The third-order valence-corrected chi connectivity index (χ3v) is 1.89. The van der Waals surface area contributed by atoms with E-state index in [1.54, 1.807) is 0 Å². The third-order valence-electron chi connectivity index (χ3n) is 1.89. The number of rotatable bonds is 2. The third kappa shape index (κ3) is 2.10. The van der Waals surface area contributed by atoms with Crippen molar-refractivity contribution in [3.05, 3.63) is 0 Å². The summed E-state index contributed by atoms with van der Waals surface area (Å²) in [6.07, 6.45) is 1.12. The molecule has 11 heavy (non-hydrogen) atoms. The Balaban J connectivity index is 2.46. The molecule has 1 unspecified atom stereocenters. The van der Waals surface area contributed by atoms with Crippen LogP contribution in [0.1, 0.15) is 27.2 Å². The number of guanidine groups is 1.